The lowest BCUT2D eigenvalue weighted by Gasteiger charge is -2.10. The summed E-state index contributed by atoms with van der Waals surface area (Å²) in [5.74, 6) is 5.26. The highest BCUT2D eigenvalue weighted by molar-refractivity contribution is 5.44. The molecule has 0 saturated heterocycles. The second-order valence-electron chi connectivity index (χ2n) is 2.85. The Morgan fingerprint density at radius 2 is 2.42 bits per heavy atom. The molecule has 0 spiro atoms. The van der Waals surface area contributed by atoms with Crippen molar-refractivity contribution in [1.82, 2.24) is 10.4 Å². The first-order valence-electron chi connectivity index (χ1n) is 3.88. The molecule has 12 heavy (non-hydrogen) atoms. The van der Waals surface area contributed by atoms with Crippen LogP contribution in [0.2, 0.25) is 0 Å². The first-order valence-corrected chi connectivity index (χ1v) is 3.88. The summed E-state index contributed by atoms with van der Waals surface area (Å²) in [7, 11) is 0. The smallest absolute Gasteiger partial charge is 0.0378 e. The minimum atomic E-state index is 0.219. The number of nitrogens with one attached hydrogen (secondary N) is 1. The minimum absolute atomic E-state index is 0.219. The number of nitrogens with zero attached hydrogens (tertiary/aromatic N) is 1. The van der Waals surface area contributed by atoms with Gasteiger partial charge in [-0.25, -0.2) is 0 Å². The molecule has 0 bridgehead atoms. The normalized spacial score (nSPS) is 12.8. The summed E-state index contributed by atoms with van der Waals surface area (Å²) in [5.41, 5.74) is 10.2. The maximum Gasteiger partial charge on any atom is 0.0378 e. The Balaban J connectivity index is 2.69. The van der Waals surface area contributed by atoms with Gasteiger partial charge >= 0.3 is 0 Å². The van der Waals surface area contributed by atoms with Crippen LogP contribution in [-0.4, -0.2) is 11.0 Å². The first-order chi connectivity index (χ1) is 5.74. The van der Waals surface area contributed by atoms with Gasteiger partial charge in [0.2, 0.25) is 0 Å². The van der Waals surface area contributed by atoms with Gasteiger partial charge in [0, 0.05) is 24.1 Å². The number of pyridine rings is 1. The van der Waals surface area contributed by atoms with E-state index in [4.69, 9.17) is 11.6 Å². The topological polar surface area (TPSA) is 77.0 Å². The fraction of sp³-hybridized carbons (Fsp3) is 0.375. The molecule has 0 aliphatic heterocycles. The minimum Gasteiger partial charge on any atom is -0.398 e. The molecule has 0 aromatic carbocycles. The van der Waals surface area contributed by atoms with Crippen molar-refractivity contribution >= 4 is 5.69 Å². The highest BCUT2D eigenvalue weighted by atomic mass is 15.2. The number of anilines is 1. The molecule has 0 amide bonds. The van der Waals surface area contributed by atoms with Crippen molar-refractivity contribution in [3.05, 3.63) is 24.0 Å². The van der Waals surface area contributed by atoms with Crippen LogP contribution >= 0.6 is 0 Å². The van der Waals surface area contributed by atoms with E-state index in [0.717, 1.165) is 17.7 Å². The fourth-order valence-electron chi connectivity index (χ4n) is 0.997. The Morgan fingerprint density at radius 1 is 1.67 bits per heavy atom. The summed E-state index contributed by atoms with van der Waals surface area (Å²) in [6.45, 7) is 1.99. The van der Waals surface area contributed by atoms with Gasteiger partial charge in [-0.05, 0) is 25.0 Å². The molecule has 0 aliphatic carbocycles. The van der Waals surface area contributed by atoms with Crippen molar-refractivity contribution in [1.29, 1.82) is 0 Å². The van der Waals surface area contributed by atoms with Gasteiger partial charge in [-0.1, -0.05) is 0 Å². The molecule has 1 aromatic heterocycles. The Morgan fingerprint density at radius 3 is 3.00 bits per heavy atom. The van der Waals surface area contributed by atoms with Crippen molar-refractivity contribution in [3.63, 3.8) is 0 Å². The van der Waals surface area contributed by atoms with Gasteiger partial charge < -0.3 is 5.73 Å². The van der Waals surface area contributed by atoms with E-state index < -0.39 is 0 Å². The zero-order valence-electron chi connectivity index (χ0n) is 7.12. The average molecular weight is 166 g/mol. The van der Waals surface area contributed by atoms with Gasteiger partial charge in [0.15, 0.2) is 0 Å². The predicted octanol–water partition coefficient (Wildman–Crippen LogP) is 0.0581. The van der Waals surface area contributed by atoms with Crippen LogP contribution in [0, 0.1) is 0 Å². The number of hydrazine groups is 1. The van der Waals surface area contributed by atoms with E-state index in [0.29, 0.717) is 0 Å². The number of nitrogens with two attached hydrogens (primary N) is 2. The van der Waals surface area contributed by atoms with Crippen LogP contribution in [0.5, 0.6) is 0 Å². The summed E-state index contributed by atoms with van der Waals surface area (Å²) in [4.78, 5) is 3.98. The zero-order chi connectivity index (χ0) is 8.97. The van der Waals surface area contributed by atoms with Crippen LogP contribution in [0.4, 0.5) is 5.69 Å². The number of rotatable bonds is 3. The standard InChI is InChI=1S/C8H14N4/c1-6(12-10)4-7-5-11-3-2-8(7)9/h2-3,5-6,12H,4,10H2,1H3,(H2,9,11). The van der Waals surface area contributed by atoms with Crippen molar-refractivity contribution in [3.8, 4) is 0 Å². The van der Waals surface area contributed by atoms with Crippen LogP contribution in [-0.2, 0) is 6.42 Å². The Bertz CT molecular complexity index is 249. The van der Waals surface area contributed by atoms with Crippen LogP contribution in [0.25, 0.3) is 0 Å². The molecule has 0 fully saturated rings. The third-order valence-electron chi connectivity index (χ3n) is 1.75. The predicted molar refractivity (Wildman–Crippen MR) is 49.1 cm³/mol. The van der Waals surface area contributed by atoms with Crippen molar-refractivity contribution in [2.45, 2.75) is 19.4 Å². The summed E-state index contributed by atoms with van der Waals surface area (Å²) in [6, 6.07) is 2.01. The highest BCUT2D eigenvalue weighted by Gasteiger charge is 2.03. The molecule has 4 nitrogen and oxygen atoms in total. The molecule has 1 rings (SSSR count). The van der Waals surface area contributed by atoms with E-state index in [2.05, 4.69) is 10.4 Å². The SMILES string of the molecule is CC(Cc1cnccc1N)NN. The Hall–Kier alpha value is -1.13. The highest BCUT2D eigenvalue weighted by Crippen LogP contribution is 2.10. The van der Waals surface area contributed by atoms with Crippen molar-refractivity contribution in [2.24, 2.45) is 5.84 Å². The lowest BCUT2D eigenvalue weighted by molar-refractivity contribution is 0.568. The molecule has 5 N–H and O–H groups in total. The molecular formula is C8H14N4. The third kappa shape index (κ3) is 2.18. The number of aromatic nitrogens is 1. The second kappa shape index (κ2) is 4.04. The largest absolute Gasteiger partial charge is 0.398 e. The zero-order valence-corrected chi connectivity index (χ0v) is 7.12. The monoisotopic (exact) mass is 166 g/mol. The second-order valence-corrected chi connectivity index (χ2v) is 2.85. The van der Waals surface area contributed by atoms with Gasteiger partial charge in [0.1, 0.15) is 0 Å². The molecule has 66 valence electrons. The maximum absolute atomic E-state index is 5.71. The molecule has 1 aromatic rings. The molecular weight excluding hydrogens is 152 g/mol. The average Bonchev–Trinajstić information content (AvgIpc) is 2.09. The summed E-state index contributed by atoms with van der Waals surface area (Å²) < 4.78 is 0. The quantitative estimate of drug-likeness (QED) is 0.438. The molecule has 0 aliphatic rings. The Kier molecular flexibility index (Phi) is 3.01. The molecule has 4 heteroatoms. The van der Waals surface area contributed by atoms with Crippen LogP contribution in [0.15, 0.2) is 18.5 Å². The summed E-state index contributed by atoms with van der Waals surface area (Å²) >= 11 is 0. The van der Waals surface area contributed by atoms with Crippen LogP contribution in [0.3, 0.4) is 0 Å². The first kappa shape index (κ1) is 8.96. The summed E-state index contributed by atoms with van der Waals surface area (Å²) in [6.07, 6.45) is 4.25. The Labute approximate surface area is 71.9 Å². The van der Waals surface area contributed by atoms with Gasteiger partial charge in [0.25, 0.3) is 0 Å². The lowest BCUT2D eigenvalue weighted by atomic mass is 10.1. The van der Waals surface area contributed by atoms with Crippen LogP contribution < -0.4 is 17.0 Å². The molecule has 0 radical (unpaired) electrons. The molecule has 1 heterocycles. The third-order valence-corrected chi connectivity index (χ3v) is 1.75. The number of hydrogen-bond donors (Lipinski definition) is 3. The molecule has 1 unspecified atom stereocenters. The van der Waals surface area contributed by atoms with Gasteiger partial charge in [-0.2, -0.15) is 0 Å². The van der Waals surface area contributed by atoms with Gasteiger partial charge in [-0.15, -0.1) is 0 Å². The van der Waals surface area contributed by atoms with Crippen molar-refractivity contribution in [2.75, 3.05) is 5.73 Å². The van der Waals surface area contributed by atoms with Gasteiger partial charge in [0.05, 0.1) is 0 Å². The van der Waals surface area contributed by atoms with Crippen molar-refractivity contribution < 1.29 is 0 Å². The van der Waals surface area contributed by atoms with E-state index in [-0.39, 0.29) is 6.04 Å². The number of nitrogen functional groups attached to an aromatic ring is 1. The fourth-order valence-corrected chi connectivity index (χ4v) is 0.997. The lowest BCUT2D eigenvalue weighted by Crippen LogP contribution is -2.34. The van der Waals surface area contributed by atoms with Gasteiger partial charge in [-0.3, -0.25) is 16.3 Å². The van der Waals surface area contributed by atoms with E-state index in [1.54, 1.807) is 18.5 Å². The van der Waals surface area contributed by atoms with E-state index in [9.17, 15) is 0 Å². The molecule has 0 saturated carbocycles. The summed E-state index contributed by atoms with van der Waals surface area (Å²) in [5, 5.41) is 0. The molecule has 1 atom stereocenters. The maximum atomic E-state index is 5.71. The van der Waals surface area contributed by atoms with E-state index >= 15 is 0 Å². The van der Waals surface area contributed by atoms with E-state index in [1.165, 1.54) is 0 Å². The van der Waals surface area contributed by atoms with E-state index in [1.807, 2.05) is 6.92 Å². The van der Waals surface area contributed by atoms with Crippen LogP contribution in [0.1, 0.15) is 12.5 Å². The number of hydrogen-bond acceptors (Lipinski definition) is 4.